The summed E-state index contributed by atoms with van der Waals surface area (Å²) in [6.45, 7) is 6.24. The lowest BCUT2D eigenvalue weighted by Crippen LogP contribution is -2.22. The quantitative estimate of drug-likeness (QED) is 0.596. The molecule has 0 aliphatic carbocycles. The summed E-state index contributed by atoms with van der Waals surface area (Å²) >= 11 is 0. The molecular formula is C14H19NO3. The minimum atomic E-state index is -1.15. The molecule has 0 aromatic carbocycles. The van der Waals surface area contributed by atoms with Crippen LogP contribution in [0.5, 0.6) is 0 Å². The largest absolute Gasteiger partial charge is 0.477 e. The number of aromatic nitrogens is 1. The van der Waals surface area contributed by atoms with Gasteiger partial charge in [-0.25, -0.2) is 4.79 Å². The van der Waals surface area contributed by atoms with Crippen molar-refractivity contribution in [3.63, 3.8) is 0 Å². The zero-order valence-electron chi connectivity index (χ0n) is 10.7. The number of nitrogens with zero attached hydrogens (tertiary/aromatic N) is 1. The van der Waals surface area contributed by atoms with E-state index in [4.69, 9.17) is 5.11 Å². The van der Waals surface area contributed by atoms with Gasteiger partial charge in [-0.1, -0.05) is 25.8 Å². The Hall–Kier alpha value is -1.84. The number of pyridine rings is 1. The number of allylic oxidation sites excluding steroid dienone is 1. The van der Waals surface area contributed by atoms with Gasteiger partial charge in [0.05, 0.1) is 0 Å². The van der Waals surface area contributed by atoms with Crippen LogP contribution in [0.2, 0.25) is 0 Å². The number of carboxylic acids is 1. The summed E-state index contributed by atoms with van der Waals surface area (Å²) in [5.41, 5.74) is 0.0770. The van der Waals surface area contributed by atoms with E-state index in [0.717, 1.165) is 19.3 Å². The Bertz CT molecular complexity index is 488. The van der Waals surface area contributed by atoms with E-state index >= 15 is 0 Å². The Kier molecular flexibility index (Phi) is 5.36. The zero-order valence-corrected chi connectivity index (χ0v) is 10.7. The third-order valence-corrected chi connectivity index (χ3v) is 2.84. The maximum Gasteiger partial charge on any atom is 0.341 e. The van der Waals surface area contributed by atoms with Gasteiger partial charge in [-0.15, -0.1) is 6.58 Å². The van der Waals surface area contributed by atoms with E-state index in [1.165, 1.54) is 6.07 Å². The second-order valence-electron chi connectivity index (χ2n) is 4.20. The third-order valence-electron chi connectivity index (χ3n) is 2.84. The molecule has 0 saturated carbocycles. The number of hydrogen-bond acceptors (Lipinski definition) is 2. The number of hydrogen-bond donors (Lipinski definition) is 1. The minimum absolute atomic E-state index is 0.101. The van der Waals surface area contributed by atoms with Crippen LogP contribution < -0.4 is 5.43 Å². The highest BCUT2D eigenvalue weighted by molar-refractivity contribution is 5.88. The van der Waals surface area contributed by atoms with Crippen molar-refractivity contribution in [3.8, 4) is 0 Å². The SMILES string of the molecule is C=CCn1ccc(=O)c(C(=O)O)c1CCCCC. The second kappa shape index (κ2) is 6.79. The standard InChI is InChI=1S/C14H19NO3/c1-3-5-6-7-11-13(14(17)18)12(16)8-10-15(11)9-4-2/h4,8,10H,2-3,5-7,9H2,1H3,(H,17,18). The Morgan fingerprint density at radius 1 is 1.50 bits per heavy atom. The molecule has 1 rings (SSSR count). The van der Waals surface area contributed by atoms with Crippen LogP contribution in [0.3, 0.4) is 0 Å². The highest BCUT2D eigenvalue weighted by Crippen LogP contribution is 2.11. The molecule has 98 valence electrons. The summed E-state index contributed by atoms with van der Waals surface area (Å²) in [6, 6.07) is 1.30. The summed E-state index contributed by atoms with van der Waals surface area (Å²) in [5.74, 6) is -1.15. The molecule has 0 amide bonds. The summed E-state index contributed by atoms with van der Waals surface area (Å²) < 4.78 is 1.79. The molecule has 0 unspecified atom stereocenters. The summed E-state index contributed by atoms with van der Waals surface area (Å²) in [7, 11) is 0. The van der Waals surface area contributed by atoms with Gasteiger partial charge in [0.2, 0.25) is 0 Å². The van der Waals surface area contributed by atoms with Crippen molar-refractivity contribution in [1.82, 2.24) is 4.57 Å². The molecule has 0 radical (unpaired) electrons. The van der Waals surface area contributed by atoms with Gasteiger partial charge in [-0.3, -0.25) is 4.79 Å². The average Bonchev–Trinajstić information content (AvgIpc) is 2.32. The van der Waals surface area contributed by atoms with E-state index in [-0.39, 0.29) is 5.56 Å². The van der Waals surface area contributed by atoms with Crippen molar-refractivity contribution in [2.45, 2.75) is 39.2 Å². The molecule has 0 bridgehead atoms. The van der Waals surface area contributed by atoms with Crippen molar-refractivity contribution >= 4 is 5.97 Å². The molecule has 0 aliphatic heterocycles. The lowest BCUT2D eigenvalue weighted by Gasteiger charge is -2.13. The molecule has 0 aliphatic rings. The lowest BCUT2D eigenvalue weighted by molar-refractivity contribution is 0.0693. The lowest BCUT2D eigenvalue weighted by atomic mass is 10.1. The number of carbonyl (C=O) groups is 1. The van der Waals surface area contributed by atoms with Gasteiger partial charge in [0.25, 0.3) is 0 Å². The highest BCUT2D eigenvalue weighted by Gasteiger charge is 2.16. The molecule has 1 heterocycles. The van der Waals surface area contributed by atoms with Gasteiger partial charge in [0, 0.05) is 24.5 Å². The number of unbranched alkanes of at least 4 members (excludes halogenated alkanes) is 2. The maximum atomic E-state index is 11.7. The average molecular weight is 249 g/mol. The van der Waals surface area contributed by atoms with Gasteiger partial charge >= 0.3 is 5.97 Å². The molecule has 1 aromatic heterocycles. The molecule has 0 spiro atoms. The molecule has 1 aromatic rings. The fourth-order valence-electron chi connectivity index (χ4n) is 1.97. The van der Waals surface area contributed by atoms with Crippen molar-refractivity contribution < 1.29 is 9.90 Å². The van der Waals surface area contributed by atoms with E-state index in [9.17, 15) is 9.59 Å². The fourth-order valence-corrected chi connectivity index (χ4v) is 1.97. The molecular weight excluding hydrogens is 230 g/mol. The molecule has 18 heavy (non-hydrogen) atoms. The van der Waals surface area contributed by atoms with Crippen molar-refractivity contribution in [2.24, 2.45) is 0 Å². The van der Waals surface area contributed by atoms with Gasteiger partial charge < -0.3 is 9.67 Å². The summed E-state index contributed by atoms with van der Waals surface area (Å²) in [6.07, 6.45) is 6.91. The third kappa shape index (κ3) is 3.32. The Labute approximate surface area is 107 Å². The monoisotopic (exact) mass is 249 g/mol. The second-order valence-corrected chi connectivity index (χ2v) is 4.20. The van der Waals surface area contributed by atoms with Crippen molar-refractivity contribution in [2.75, 3.05) is 0 Å². The van der Waals surface area contributed by atoms with E-state index in [1.54, 1.807) is 16.8 Å². The molecule has 0 saturated heterocycles. The van der Waals surface area contributed by atoms with Crippen LogP contribution in [0, 0.1) is 0 Å². The van der Waals surface area contributed by atoms with Gasteiger partial charge in [0.15, 0.2) is 5.43 Å². The molecule has 0 fully saturated rings. The van der Waals surface area contributed by atoms with Crippen LogP contribution in [0.4, 0.5) is 0 Å². The number of rotatable bonds is 7. The first kappa shape index (κ1) is 14.2. The predicted octanol–water partition coefficient (Wildman–Crippen LogP) is 2.47. The summed E-state index contributed by atoms with van der Waals surface area (Å²) in [4.78, 5) is 22.8. The van der Waals surface area contributed by atoms with Crippen molar-refractivity contribution in [3.05, 3.63) is 46.4 Å². The van der Waals surface area contributed by atoms with Crippen LogP contribution >= 0.6 is 0 Å². The first-order chi connectivity index (χ1) is 8.61. The van der Waals surface area contributed by atoms with Crippen molar-refractivity contribution in [1.29, 1.82) is 0 Å². The minimum Gasteiger partial charge on any atom is -0.477 e. The van der Waals surface area contributed by atoms with Crippen LogP contribution in [0.1, 0.15) is 42.2 Å². The number of aromatic carboxylic acids is 1. The Morgan fingerprint density at radius 2 is 2.22 bits per heavy atom. The van der Waals surface area contributed by atoms with Crippen LogP contribution in [-0.2, 0) is 13.0 Å². The smallest absolute Gasteiger partial charge is 0.341 e. The Morgan fingerprint density at radius 3 is 2.78 bits per heavy atom. The molecule has 1 N–H and O–H groups in total. The van der Waals surface area contributed by atoms with Crippen LogP contribution in [0.15, 0.2) is 29.7 Å². The normalized spacial score (nSPS) is 10.3. The Balaban J connectivity index is 3.20. The van der Waals surface area contributed by atoms with Gasteiger partial charge in [0.1, 0.15) is 5.56 Å². The molecule has 0 atom stereocenters. The first-order valence-corrected chi connectivity index (χ1v) is 6.18. The maximum absolute atomic E-state index is 11.7. The van der Waals surface area contributed by atoms with E-state index in [2.05, 4.69) is 13.5 Å². The summed E-state index contributed by atoms with van der Waals surface area (Å²) in [5, 5.41) is 9.16. The van der Waals surface area contributed by atoms with E-state index < -0.39 is 11.4 Å². The zero-order chi connectivity index (χ0) is 13.5. The molecule has 4 heteroatoms. The molecule has 4 nitrogen and oxygen atoms in total. The highest BCUT2D eigenvalue weighted by atomic mass is 16.4. The van der Waals surface area contributed by atoms with Gasteiger partial charge in [-0.05, 0) is 12.8 Å². The number of carboxylic acid groups (broad SMARTS) is 1. The van der Waals surface area contributed by atoms with Crippen LogP contribution in [0.25, 0.3) is 0 Å². The first-order valence-electron chi connectivity index (χ1n) is 6.18. The fraction of sp³-hybridized carbons (Fsp3) is 0.429. The van der Waals surface area contributed by atoms with Gasteiger partial charge in [-0.2, -0.15) is 0 Å². The van der Waals surface area contributed by atoms with Crippen LogP contribution in [-0.4, -0.2) is 15.6 Å². The van der Waals surface area contributed by atoms with E-state index in [0.29, 0.717) is 18.7 Å². The van der Waals surface area contributed by atoms with E-state index in [1.807, 2.05) is 0 Å². The topological polar surface area (TPSA) is 59.3 Å². The predicted molar refractivity (Wildman–Crippen MR) is 71.1 cm³/mol.